The lowest BCUT2D eigenvalue weighted by molar-refractivity contribution is 0.00120. The highest BCUT2D eigenvalue weighted by Gasteiger charge is 2.45. The molecular formula is C25H47BrO3Si2. The number of rotatable bonds is 11. The van der Waals surface area contributed by atoms with Crippen LogP contribution in [0, 0.1) is 0 Å². The first-order chi connectivity index (χ1) is 13.9. The van der Waals surface area contributed by atoms with E-state index in [-0.39, 0.29) is 15.7 Å². The average molecular weight is 532 g/mol. The number of ether oxygens (including phenoxy) is 1. The standard InChI is InChI=1S/C25H47BrO3Si2/c1-23(2,3)30(8,9)28-20-25(7,29-31(10,11)24(4,5)6)17-14-18-27-19-21-15-12-13-16-22(21)26/h12-13,15-16H,14,17-20H2,1-11H3/t25-/m0/s1. The van der Waals surface area contributed by atoms with Gasteiger partial charge >= 0.3 is 0 Å². The Hall–Kier alpha value is 0.0138. The van der Waals surface area contributed by atoms with Crippen LogP contribution in [-0.4, -0.2) is 35.4 Å². The van der Waals surface area contributed by atoms with Crippen molar-refractivity contribution in [1.82, 2.24) is 0 Å². The molecular weight excluding hydrogens is 484 g/mol. The minimum absolute atomic E-state index is 0.168. The van der Waals surface area contributed by atoms with E-state index in [1.165, 1.54) is 5.56 Å². The van der Waals surface area contributed by atoms with E-state index in [2.05, 4.69) is 103 Å². The van der Waals surface area contributed by atoms with Gasteiger partial charge in [-0.1, -0.05) is 75.7 Å². The highest BCUT2D eigenvalue weighted by molar-refractivity contribution is 9.10. The number of benzene rings is 1. The molecule has 0 aliphatic heterocycles. The minimum Gasteiger partial charge on any atom is -0.414 e. The maximum Gasteiger partial charge on any atom is 0.192 e. The molecule has 0 fully saturated rings. The van der Waals surface area contributed by atoms with E-state index in [0.29, 0.717) is 13.2 Å². The third kappa shape index (κ3) is 9.05. The Morgan fingerprint density at radius 2 is 1.39 bits per heavy atom. The second-order valence-electron chi connectivity index (χ2n) is 12.1. The first-order valence-electron chi connectivity index (χ1n) is 11.6. The highest BCUT2D eigenvalue weighted by Crippen LogP contribution is 2.42. The van der Waals surface area contributed by atoms with E-state index < -0.39 is 16.6 Å². The summed E-state index contributed by atoms with van der Waals surface area (Å²) < 4.78 is 20.7. The van der Waals surface area contributed by atoms with Crippen LogP contribution in [0.5, 0.6) is 0 Å². The number of hydrogen-bond donors (Lipinski definition) is 0. The largest absolute Gasteiger partial charge is 0.414 e. The van der Waals surface area contributed by atoms with E-state index in [1.54, 1.807) is 0 Å². The fraction of sp³-hybridized carbons (Fsp3) is 0.760. The van der Waals surface area contributed by atoms with Crippen LogP contribution in [-0.2, 0) is 20.2 Å². The molecule has 1 atom stereocenters. The van der Waals surface area contributed by atoms with Gasteiger partial charge in [-0.2, -0.15) is 0 Å². The van der Waals surface area contributed by atoms with Crippen molar-refractivity contribution in [3.05, 3.63) is 34.3 Å². The second-order valence-corrected chi connectivity index (χ2v) is 22.5. The molecule has 0 spiro atoms. The maximum absolute atomic E-state index is 6.95. The molecule has 1 aromatic carbocycles. The summed E-state index contributed by atoms with van der Waals surface area (Å²) in [5.41, 5.74) is 0.888. The van der Waals surface area contributed by atoms with Gasteiger partial charge in [-0.25, -0.2) is 0 Å². The van der Waals surface area contributed by atoms with E-state index in [1.807, 2.05) is 12.1 Å². The Bertz CT molecular complexity index is 693. The van der Waals surface area contributed by atoms with E-state index >= 15 is 0 Å². The van der Waals surface area contributed by atoms with Gasteiger partial charge in [0.2, 0.25) is 0 Å². The van der Waals surface area contributed by atoms with Crippen LogP contribution < -0.4 is 0 Å². The first-order valence-corrected chi connectivity index (χ1v) is 18.2. The van der Waals surface area contributed by atoms with Crippen LogP contribution >= 0.6 is 15.9 Å². The maximum atomic E-state index is 6.95. The zero-order valence-corrected chi connectivity index (χ0v) is 25.5. The third-order valence-electron chi connectivity index (χ3n) is 7.06. The zero-order chi connectivity index (χ0) is 24.1. The summed E-state index contributed by atoms with van der Waals surface area (Å²) in [6.07, 6.45) is 1.89. The fourth-order valence-electron chi connectivity index (χ4n) is 2.82. The van der Waals surface area contributed by atoms with Crippen molar-refractivity contribution in [3.63, 3.8) is 0 Å². The number of hydrogen-bond acceptors (Lipinski definition) is 3. The molecule has 31 heavy (non-hydrogen) atoms. The quantitative estimate of drug-likeness (QED) is 0.211. The van der Waals surface area contributed by atoms with Crippen LogP contribution in [0.4, 0.5) is 0 Å². The lowest BCUT2D eigenvalue weighted by Gasteiger charge is -2.46. The van der Waals surface area contributed by atoms with Crippen LogP contribution in [0.15, 0.2) is 28.7 Å². The smallest absolute Gasteiger partial charge is 0.192 e. The normalized spacial score (nSPS) is 15.7. The van der Waals surface area contributed by atoms with E-state index in [4.69, 9.17) is 13.6 Å². The molecule has 0 saturated heterocycles. The SMILES string of the molecule is CC(C)(C)[Si](C)(C)OC[C@](C)(CCCOCc1ccccc1Br)O[Si](C)(C)C(C)(C)C. The van der Waals surface area contributed by atoms with Gasteiger partial charge < -0.3 is 13.6 Å². The topological polar surface area (TPSA) is 27.7 Å². The van der Waals surface area contributed by atoms with Crippen molar-refractivity contribution in [2.75, 3.05) is 13.2 Å². The summed E-state index contributed by atoms with van der Waals surface area (Å²) in [5, 5.41) is 0.360. The summed E-state index contributed by atoms with van der Waals surface area (Å²) in [6, 6.07) is 8.23. The second kappa shape index (κ2) is 11.0. The fourth-order valence-corrected chi connectivity index (χ4v) is 6.01. The van der Waals surface area contributed by atoms with Gasteiger partial charge in [-0.3, -0.25) is 0 Å². The lowest BCUT2D eigenvalue weighted by Crippen LogP contribution is -2.53. The van der Waals surface area contributed by atoms with Gasteiger partial charge in [0, 0.05) is 11.1 Å². The van der Waals surface area contributed by atoms with Gasteiger partial charge in [0.15, 0.2) is 16.6 Å². The molecule has 0 aliphatic rings. The van der Waals surface area contributed by atoms with Crippen molar-refractivity contribution in [1.29, 1.82) is 0 Å². The Morgan fingerprint density at radius 1 is 0.839 bits per heavy atom. The molecule has 0 amide bonds. The predicted octanol–water partition coefficient (Wildman–Crippen LogP) is 8.55. The van der Waals surface area contributed by atoms with E-state index in [9.17, 15) is 0 Å². The average Bonchev–Trinajstić information content (AvgIpc) is 2.59. The molecule has 1 aromatic rings. The van der Waals surface area contributed by atoms with Crippen molar-refractivity contribution in [2.24, 2.45) is 0 Å². The Morgan fingerprint density at radius 3 is 1.90 bits per heavy atom. The van der Waals surface area contributed by atoms with Crippen molar-refractivity contribution in [3.8, 4) is 0 Å². The molecule has 0 aliphatic carbocycles. The minimum atomic E-state index is -1.92. The molecule has 0 bridgehead atoms. The summed E-state index contributed by atoms with van der Waals surface area (Å²) in [5.74, 6) is 0. The van der Waals surface area contributed by atoms with Gasteiger partial charge in [0.05, 0.1) is 18.8 Å². The van der Waals surface area contributed by atoms with E-state index in [0.717, 1.165) is 23.9 Å². The molecule has 0 saturated carbocycles. The van der Waals surface area contributed by atoms with Crippen LogP contribution in [0.2, 0.25) is 36.3 Å². The summed E-state index contributed by atoms with van der Waals surface area (Å²) in [7, 11) is -3.76. The van der Waals surface area contributed by atoms with Crippen LogP contribution in [0.25, 0.3) is 0 Å². The Kier molecular flexibility index (Phi) is 10.3. The highest BCUT2D eigenvalue weighted by atomic mass is 79.9. The van der Waals surface area contributed by atoms with Crippen molar-refractivity contribution < 1.29 is 13.6 Å². The Labute approximate surface area is 203 Å². The van der Waals surface area contributed by atoms with Gasteiger partial charge in [0.1, 0.15) is 0 Å². The van der Waals surface area contributed by atoms with Crippen LogP contribution in [0.3, 0.4) is 0 Å². The first kappa shape index (κ1) is 29.0. The number of halogens is 1. The summed E-state index contributed by atoms with van der Waals surface area (Å²) >= 11 is 3.60. The predicted molar refractivity (Wildman–Crippen MR) is 143 cm³/mol. The summed E-state index contributed by atoms with van der Waals surface area (Å²) in [4.78, 5) is 0. The monoisotopic (exact) mass is 530 g/mol. The molecule has 0 radical (unpaired) electrons. The zero-order valence-electron chi connectivity index (χ0n) is 21.9. The van der Waals surface area contributed by atoms with Crippen molar-refractivity contribution in [2.45, 2.75) is 110 Å². The molecule has 180 valence electrons. The lowest BCUT2D eigenvalue weighted by atomic mass is 10.0. The Balaban J connectivity index is 2.79. The summed E-state index contributed by atoms with van der Waals surface area (Å²) in [6.45, 7) is 27.3. The molecule has 0 aromatic heterocycles. The third-order valence-corrected chi connectivity index (χ3v) is 16.9. The molecule has 1 rings (SSSR count). The van der Waals surface area contributed by atoms with Crippen molar-refractivity contribution >= 4 is 32.6 Å². The molecule has 0 unspecified atom stereocenters. The molecule has 0 heterocycles. The molecule has 3 nitrogen and oxygen atoms in total. The van der Waals surface area contributed by atoms with Crippen LogP contribution in [0.1, 0.15) is 66.9 Å². The van der Waals surface area contributed by atoms with Gasteiger partial charge in [-0.05, 0) is 67.7 Å². The van der Waals surface area contributed by atoms with Gasteiger partial charge in [-0.15, -0.1) is 0 Å². The molecule has 0 N–H and O–H groups in total. The van der Waals surface area contributed by atoms with Gasteiger partial charge in [0.25, 0.3) is 0 Å². The molecule has 6 heteroatoms.